The van der Waals surface area contributed by atoms with Gasteiger partial charge in [0.15, 0.2) is 0 Å². The van der Waals surface area contributed by atoms with Gasteiger partial charge in [-0.3, -0.25) is 14.6 Å². The van der Waals surface area contributed by atoms with E-state index < -0.39 is 6.04 Å². The summed E-state index contributed by atoms with van der Waals surface area (Å²) < 4.78 is 5.23. The monoisotopic (exact) mass is 358 g/mol. The predicted octanol–water partition coefficient (Wildman–Crippen LogP) is 0.129. The SMILES string of the molecule is CNC(=O)[C@@H]1C[C@@H](N)CN1C(=O)CCCc1nc(-c2ccncc2)no1. The molecule has 1 aliphatic rings. The van der Waals surface area contributed by atoms with Gasteiger partial charge < -0.3 is 20.5 Å². The molecular formula is C17H22N6O3. The summed E-state index contributed by atoms with van der Waals surface area (Å²) in [4.78, 5) is 34.2. The van der Waals surface area contributed by atoms with Gasteiger partial charge in [-0.15, -0.1) is 0 Å². The van der Waals surface area contributed by atoms with Crippen LogP contribution in [0.2, 0.25) is 0 Å². The molecule has 2 atom stereocenters. The Balaban J connectivity index is 1.52. The fourth-order valence-corrected chi connectivity index (χ4v) is 3.07. The third-order valence-electron chi connectivity index (χ3n) is 4.39. The second-order valence-corrected chi connectivity index (χ2v) is 6.27. The first-order chi connectivity index (χ1) is 12.6. The number of aromatic nitrogens is 3. The van der Waals surface area contributed by atoms with Crippen molar-refractivity contribution in [2.45, 2.75) is 37.8 Å². The maximum Gasteiger partial charge on any atom is 0.242 e. The minimum absolute atomic E-state index is 0.0829. The van der Waals surface area contributed by atoms with Crippen LogP contribution in [0, 0.1) is 0 Å². The summed E-state index contributed by atoms with van der Waals surface area (Å²) in [6.07, 6.45) is 5.16. The number of likely N-dealkylation sites (tertiary alicyclic amines) is 1. The molecule has 0 spiro atoms. The number of likely N-dealkylation sites (N-methyl/N-ethyl adjacent to an activating group) is 1. The number of nitrogens with zero attached hydrogens (tertiary/aromatic N) is 4. The second-order valence-electron chi connectivity index (χ2n) is 6.27. The molecule has 1 aliphatic heterocycles. The molecule has 1 fully saturated rings. The number of hydrogen-bond donors (Lipinski definition) is 2. The van der Waals surface area contributed by atoms with Crippen molar-refractivity contribution in [2.75, 3.05) is 13.6 Å². The number of rotatable bonds is 6. The lowest BCUT2D eigenvalue weighted by Crippen LogP contribution is -2.44. The lowest BCUT2D eigenvalue weighted by atomic mass is 10.1. The molecule has 9 nitrogen and oxygen atoms in total. The fraction of sp³-hybridized carbons (Fsp3) is 0.471. The molecule has 3 heterocycles. The van der Waals surface area contributed by atoms with Crippen molar-refractivity contribution in [3.8, 4) is 11.4 Å². The van der Waals surface area contributed by atoms with E-state index in [2.05, 4.69) is 20.4 Å². The lowest BCUT2D eigenvalue weighted by Gasteiger charge is -2.23. The van der Waals surface area contributed by atoms with Gasteiger partial charge in [-0.2, -0.15) is 4.98 Å². The maximum absolute atomic E-state index is 12.5. The Kier molecular flexibility index (Phi) is 5.57. The van der Waals surface area contributed by atoms with Crippen LogP contribution in [0.25, 0.3) is 11.4 Å². The molecule has 9 heteroatoms. The van der Waals surface area contributed by atoms with Crippen molar-refractivity contribution in [3.63, 3.8) is 0 Å². The van der Waals surface area contributed by atoms with Crippen LogP contribution in [0.15, 0.2) is 29.0 Å². The highest BCUT2D eigenvalue weighted by Gasteiger charge is 2.37. The van der Waals surface area contributed by atoms with Gasteiger partial charge in [-0.05, 0) is 25.0 Å². The predicted molar refractivity (Wildman–Crippen MR) is 92.6 cm³/mol. The van der Waals surface area contributed by atoms with Crippen molar-refractivity contribution in [3.05, 3.63) is 30.4 Å². The van der Waals surface area contributed by atoms with Crippen molar-refractivity contribution < 1.29 is 14.1 Å². The van der Waals surface area contributed by atoms with Crippen molar-refractivity contribution in [1.82, 2.24) is 25.3 Å². The van der Waals surface area contributed by atoms with E-state index in [4.69, 9.17) is 10.3 Å². The molecule has 2 aromatic rings. The van der Waals surface area contributed by atoms with Gasteiger partial charge in [0.25, 0.3) is 0 Å². The standard InChI is InChI=1S/C17H22N6O3/c1-19-17(25)13-9-12(18)10-23(13)15(24)4-2-3-14-21-16(22-26-14)11-5-7-20-8-6-11/h5-8,12-13H,2-4,9-10,18H2,1H3,(H,19,25)/t12-,13+/m1/s1. The summed E-state index contributed by atoms with van der Waals surface area (Å²) in [5, 5.41) is 6.53. The summed E-state index contributed by atoms with van der Waals surface area (Å²) in [6, 6.07) is 2.95. The quantitative estimate of drug-likeness (QED) is 0.751. The summed E-state index contributed by atoms with van der Waals surface area (Å²) in [5.74, 6) is 0.718. The molecule has 3 N–H and O–H groups in total. The molecule has 2 amide bonds. The number of pyridine rings is 1. The van der Waals surface area contributed by atoms with Crippen LogP contribution >= 0.6 is 0 Å². The van der Waals surface area contributed by atoms with E-state index in [1.165, 1.54) is 0 Å². The van der Waals surface area contributed by atoms with E-state index in [0.717, 1.165) is 5.56 Å². The number of aryl methyl sites for hydroxylation is 1. The highest BCUT2D eigenvalue weighted by atomic mass is 16.5. The molecule has 0 bridgehead atoms. The average molecular weight is 358 g/mol. The van der Waals surface area contributed by atoms with Crippen molar-refractivity contribution in [1.29, 1.82) is 0 Å². The number of nitrogens with two attached hydrogens (primary N) is 1. The van der Waals surface area contributed by atoms with Crippen LogP contribution in [0.1, 0.15) is 25.2 Å². The lowest BCUT2D eigenvalue weighted by molar-refractivity contribution is -0.138. The molecule has 1 saturated heterocycles. The Morgan fingerprint density at radius 3 is 2.88 bits per heavy atom. The summed E-state index contributed by atoms with van der Waals surface area (Å²) in [5.41, 5.74) is 6.74. The molecule has 3 rings (SSSR count). The maximum atomic E-state index is 12.5. The molecular weight excluding hydrogens is 336 g/mol. The van der Waals surface area contributed by atoms with E-state index in [0.29, 0.717) is 43.9 Å². The first-order valence-electron chi connectivity index (χ1n) is 8.58. The molecule has 0 unspecified atom stereocenters. The first-order valence-corrected chi connectivity index (χ1v) is 8.58. The summed E-state index contributed by atoms with van der Waals surface area (Å²) >= 11 is 0. The van der Waals surface area contributed by atoms with Gasteiger partial charge in [0.05, 0.1) is 0 Å². The van der Waals surface area contributed by atoms with Crippen molar-refractivity contribution >= 4 is 11.8 Å². The van der Waals surface area contributed by atoms with Gasteiger partial charge >= 0.3 is 0 Å². The second kappa shape index (κ2) is 8.05. The largest absolute Gasteiger partial charge is 0.357 e. The van der Waals surface area contributed by atoms with Crippen LogP contribution in [-0.4, -0.2) is 57.5 Å². The molecule has 0 aromatic carbocycles. The minimum atomic E-state index is -0.482. The average Bonchev–Trinajstić information content (AvgIpc) is 3.28. The van der Waals surface area contributed by atoms with Crippen LogP contribution in [0.5, 0.6) is 0 Å². The van der Waals surface area contributed by atoms with Gasteiger partial charge in [-0.1, -0.05) is 5.16 Å². The molecule has 2 aromatic heterocycles. The summed E-state index contributed by atoms with van der Waals surface area (Å²) in [7, 11) is 1.56. The van der Waals surface area contributed by atoms with Crippen molar-refractivity contribution in [2.24, 2.45) is 5.73 Å². The third kappa shape index (κ3) is 4.05. The van der Waals surface area contributed by atoms with E-state index in [-0.39, 0.29) is 17.9 Å². The Hall–Kier alpha value is -2.81. The smallest absolute Gasteiger partial charge is 0.242 e. The van der Waals surface area contributed by atoms with E-state index >= 15 is 0 Å². The zero-order chi connectivity index (χ0) is 18.5. The van der Waals surface area contributed by atoms with Crippen LogP contribution in [0.3, 0.4) is 0 Å². The van der Waals surface area contributed by atoms with E-state index in [1.807, 2.05) is 0 Å². The Morgan fingerprint density at radius 2 is 2.15 bits per heavy atom. The van der Waals surface area contributed by atoms with Crippen LogP contribution in [0.4, 0.5) is 0 Å². The topological polar surface area (TPSA) is 127 Å². The van der Waals surface area contributed by atoms with Crippen LogP contribution < -0.4 is 11.1 Å². The van der Waals surface area contributed by atoms with Crippen LogP contribution in [-0.2, 0) is 16.0 Å². The molecule has 26 heavy (non-hydrogen) atoms. The number of hydrogen-bond acceptors (Lipinski definition) is 7. The summed E-state index contributed by atoms with van der Waals surface area (Å²) in [6.45, 7) is 0.406. The fourth-order valence-electron chi connectivity index (χ4n) is 3.07. The molecule has 0 aliphatic carbocycles. The van der Waals surface area contributed by atoms with Gasteiger partial charge in [0.2, 0.25) is 23.5 Å². The zero-order valence-corrected chi connectivity index (χ0v) is 14.6. The van der Waals surface area contributed by atoms with E-state index in [9.17, 15) is 9.59 Å². The first kappa shape index (κ1) is 18.0. The normalized spacial score (nSPS) is 19.5. The number of amides is 2. The number of nitrogens with one attached hydrogen (secondary N) is 1. The zero-order valence-electron chi connectivity index (χ0n) is 14.6. The number of carbonyl (C=O) groups is 2. The molecule has 0 saturated carbocycles. The van der Waals surface area contributed by atoms with Gasteiger partial charge in [0.1, 0.15) is 6.04 Å². The molecule has 0 radical (unpaired) electrons. The van der Waals surface area contributed by atoms with Gasteiger partial charge in [-0.25, -0.2) is 0 Å². The van der Waals surface area contributed by atoms with Gasteiger partial charge in [0, 0.05) is 50.4 Å². The third-order valence-corrected chi connectivity index (χ3v) is 4.39. The number of carbonyl (C=O) groups excluding carboxylic acids is 2. The molecule has 138 valence electrons. The Bertz CT molecular complexity index is 763. The minimum Gasteiger partial charge on any atom is -0.357 e. The van der Waals surface area contributed by atoms with E-state index in [1.54, 1.807) is 36.5 Å². The highest BCUT2D eigenvalue weighted by Crippen LogP contribution is 2.19. The highest BCUT2D eigenvalue weighted by molar-refractivity contribution is 5.88. The Morgan fingerprint density at radius 1 is 1.38 bits per heavy atom. The Labute approximate surface area is 151 Å².